The first-order valence-electron chi connectivity index (χ1n) is 14.9. The van der Waals surface area contributed by atoms with Crippen LogP contribution in [0.4, 0.5) is 30.7 Å². The van der Waals surface area contributed by atoms with Gasteiger partial charge in [0.15, 0.2) is 0 Å². The molecular formula is C34H37F7N2. The standard InChI is InChI=1S/C34H37F7N2/c1-23(26-19-28(33(36,37)38)21-29(20-26)34(39,40)41)42-22-32(27-5-3-2-4-6-27)15-11-31(12-16-32)43-17-13-25(14-18-43)24-7-9-30(35)10-8-24/h2-10,19-21,23,25,31,42H,11-18,22H2,1H3. The van der Waals surface area contributed by atoms with Gasteiger partial charge < -0.3 is 10.2 Å². The van der Waals surface area contributed by atoms with Gasteiger partial charge >= 0.3 is 12.4 Å². The molecule has 2 aliphatic rings. The number of hydrogen-bond acceptors (Lipinski definition) is 2. The minimum Gasteiger partial charge on any atom is -0.309 e. The fourth-order valence-electron chi connectivity index (χ4n) is 6.91. The Bertz CT molecular complexity index is 1300. The molecule has 1 N–H and O–H groups in total. The molecule has 3 aromatic rings. The maximum absolute atomic E-state index is 13.5. The summed E-state index contributed by atoms with van der Waals surface area (Å²) < 4.78 is 94.1. The minimum atomic E-state index is -4.88. The van der Waals surface area contributed by atoms with Gasteiger partial charge in [-0.05, 0) is 111 Å². The van der Waals surface area contributed by atoms with E-state index in [-0.39, 0.29) is 22.9 Å². The van der Waals surface area contributed by atoms with Gasteiger partial charge in [0.25, 0.3) is 0 Å². The number of rotatable bonds is 7. The molecule has 2 nitrogen and oxygen atoms in total. The lowest BCUT2D eigenvalue weighted by molar-refractivity contribution is -0.143. The van der Waals surface area contributed by atoms with Crippen LogP contribution in [-0.2, 0) is 17.8 Å². The number of alkyl halides is 6. The van der Waals surface area contributed by atoms with Crippen molar-refractivity contribution in [3.8, 4) is 0 Å². The Morgan fingerprint density at radius 2 is 1.35 bits per heavy atom. The molecule has 1 saturated heterocycles. The van der Waals surface area contributed by atoms with Gasteiger partial charge in [-0.1, -0.05) is 42.5 Å². The van der Waals surface area contributed by atoms with Crippen LogP contribution in [0.3, 0.4) is 0 Å². The molecule has 1 saturated carbocycles. The molecule has 1 heterocycles. The van der Waals surface area contributed by atoms with Gasteiger partial charge in [0, 0.05) is 24.0 Å². The summed E-state index contributed by atoms with van der Waals surface area (Å²) in [4.78, 5) is 2.55. The van der Waals surface area contributed by atoms with E-state index in [4.69, 9.17) is 0 Å². The molecule has 1 unspecified atom stereocenters. The van der Waals surface area contributed by atoms with Crippen molar-refractivity contribution in [3.05, 3.63) is 106 Å². The van der Waals surface area contributed by atoms with Crippen LogP contribution in [0.5, 0.6) is 0 Å². The van der Waals surface area contributed by atoms with E-state index in [2.05, 4.69) is 22.3 Å². The predicted molar refractivity (Wildman–Crippen MR) is 153 cm³/mol. The normalized spacial score (nSPS) is 23.3. The molecule has 3 aromatic carbocycles. The highest BCUT2D eigenvalue weighted by Crippen LogP contribution is 2.43. The third-order valence-corrected chi connectivity index (χ3v) is 9.54. The lowest BCUT2D eigenvalue weighted by Crippen LogP contribution is -2.48. The summed E-state index contributed by atoms with van der Waals surface area (Å²) in [6.45, 7) is 4.00. The van der Waals surface area contributed by atoms with E-state index in [1.165, 1.54) is 17.7 Å². The molecule has 0 spiro atoms. The van der Waals surface area contributed by atoms with Crippen molar-refractivity contribution in [2.24, 2.45) is 0 Å². The topological polar surface area (TPSA) is 15.3 Å². The molecule has 1 aliphatic carbocycles. The Balaban J connectivity index is 1.27. The highest BCUT2D eigenvalue weighted by molar-refractivity contribution is 5.35. The Morgan fingerprint density at radius 3 is 1.88 bits per heavy atom. The van der Waals surface area contributed by atoms with Crippen molar-refractivity contribution in [1.82, 2.24) is 10.2 Å². The Labute approximate surface area is 248 Å². The average Bonchev–Trinajstić information content (AvgIpc) is 3.00. The lowest BCUT2D eigenvalue weighted by Gasteiger charge is -2.46. The van der Waals surface area contributed by atoms with Gasteiger partial charge in [-0.15, -0.1) is 0 Å². The summed E-state index contributed by atoms with van der Waals surface area (Å²) >= 11 is 0. The summed E-state index contributed by atoms with van der Waals surface area (Å²) in [5.41, 5.74) is -0.616. The number of likely N-dealkylation sites (tertiary alicyclic amines) is 1. The molecule has 2 fully saturated rings. The van der Waals surface area contributed by atoms with E-state index in [1.54, 1.807) is 6.92 Å². The third kappa shape index (κ3) is 7.43. The average molecular weight is 607 g/mol. The van der Waals surface area contributed by atoms with Gasteiger partial charge in [-0.3, -0.25) is 0 Å². The quantitative estimate of drug-likeness (QED) is 0.270. The van der Waals surface area contributed by atoms with E-state index >= 15 is 0 Å². The summed E-state index contributed by atoms with van der Waals surface area (Å²) in [5.74, 6) is 0.193. The second-order valence-electron chi connectivity index (χ2n) is 12.2. The molecule has 232 valence electrons. The SMILES string of the molecule is CC(NCC1(c2ccccc2)CCC(N2CCC(c3ccc(F)cc3)CC2)CC1)c1cc(C(F)(F)F)cc(C(F)(F)F)c1. The molecule has 1 aliphatic heterocycles. The van der Waals surface area contributed by atoms with Crippen LogP contribution < -0.4 is 5.32 Å². The van der Waals surface area contributed by atoms with Crippen LogP contribution >= 0.6 is 0 Å². The Morgan fingerprint density at radius 1 is 0.791 bits per heavy atom. The zero-order valence-electron chi connectivity index (χ0n) is 24.1. The number of nitrogens with one attached hydrogen (secondary N) is 1. The summed E-state index contributed by atoms with van der Waals surface area (Å²) in [6, 6.07) is 18.3. The number of halogens is 7. The first-order valence-corrected chi connectivity index (χ1v) is 14.9. The number of piperidine rings is 1. The van der Waals surface area contributed by atoms with E-state index in [1.807, 2.05) is 30.3 Å². The summed E-state index contributed by atoms with van der Waals surface area (Å²) in [7, 11) is 0. The highest BCUT2D eigenvalue weighted by atomic mass is 19.4. The van der Waals surface area contributed by atoms with Crippen molar-refractivity contribution in [2.45, 2.75) is 81.2 Å². The molecule has 5 rings (SSSR count). The monoisotopic (exact) mass is 606 g/mol. The van der Waals surface area contributed by atoms with E-state index < -0.39 is 29.5 Å². The van der Waals surface area contributed by atoms with Crippen molar-refractivity contribution < 1.29 is 30.7 Å². The molecule has 1 atom stereocenters. The van der Waals surface area contributed by atoms with Crippen molar-refractivity contribution in [3.63, 3.8) is 0 Å². The molecular weight excluding hydrogens is 569 g/mol. The van der Waals surface area contributed by atoms with Crippen LogP contribution in [0, 0.1) is 5.82 Å². The largest absolute Gasteiger partial charge is 0.416 e. The van der Waals surface area contributed by atoms with E-state index in [0.717, 1.165) is 69.3 Å². The molecule has 9 heteroatoms. The van der Waals surface area contributed by atoms with Crippen LogP contribution in [0.25, 0.3) is 0 Å². The second-order valence-corrected chi connectivity index (χ2v) is 12.2. The van der Waals surface area contributed by atoms with Gasteiger partial charge in [0.05, 0.1) is 11.1 Å². The number of benzene rings is 3. The van der Waals surface area contributed by atoms with Crippen LogP contribution in [0.15, 0.2) is 72.8 Å². The molecule has 43 heavy (non-hydrogen) atoms. The highest BCUT2D eigenvalue weighted by Gasteiger charge is 2.40. The van der Waals surface area contributed by atoms with Crippen molar-refractivity contribution in [2.75, 3.05) is 19.6 Å². The van der Waals surface area contributed by atoms with Crippen LogP contribution in [-0.4, -0.2) is 30.6 Å². The van der Waals surface area contributed by atoms with Gasteiger partial charge in [0.1, 0.15) is 5.82 Å². The Kier molecular flexibility index (Phi) is 9.23. The maximum Gasteiger partial charge on any atom is 0.416 e. The second kappa shape index (κ2) is 12.6. The van der Waals surface area contributed by atoms with Gasteiger partial charge in [-0.25, -0.2) is 4.39 Å². The number of nitrogens with zero attached hydrogens (tertiary/aromatic N) is 1. The summed E-state index contributed by atoms with van der Waals surface area (Å²) in [5, 5.41) is 3.31. The molecule has 0 bridgehead atoms. The summed E-state index contributed by atoms with van der Waals surface area (Å²) in [6.07, 6.45) is -4.11. The lowest BCUT2D eigenvalue weighted by atomic mass is 9.67. The van der Waals surface area contributed by atoms with E-state index in [0.29, 0.717) is 18.5 Å². The zero-order valence-corrected chi connectivity index (χ0v) is 24.1. The maximum atomic E-state index is 13.5. The predicted octanol–water partition coefficient (Wildman–Crippen LogP) is 9.27. The first kappa shape index (κ1) is 31.5. The van der Waals surface area contributed by atoms with Crippen LogP contribution in [0.2, 0.25) is 0 Å². The first-order chi connectivity index (χ1) is 20.3. The fourth-order valence-corrected chi connectivity index (χ4v) is 6.91. The van der Waals surface area contributed by atoms with Gasteiger partial charge in [0.2, 0.25) is 0 Å². The third-order valence-electron chi connectivity index (χ3n) is 9.54. The molecule has 0 aromatic heterocycles. The van der Waals surface area contributed by atoms with Crippen molar-refractivity contribution in [1.29, 1.82) is 0 Å². The minimum absolute atomic E-state index is 0.0388. The number of hydrogen-bond donors (Lipinski definition) is 1. The molecule has 0 amide bonds. The van der Waals surface area contributed by atoms with Crippen molar-refractivity contribution >= 4 is 0 Å². The van der Waals surface area contributed by atoms with Crippen LogP contribution in [0.1, 0.15) is 85.2 Å². The fraction of sp³-hybridized carbons (Fsp3) is 0.471. The van der Waals surface area contributed by atoms with E-state index in [9.17, 15) is 30.7 Å². The zero-order chi connectivity index (χ0) is 30.8. The van der Waals surface area contributed by atoms with Gasteiger partial charge in [-0.2, -0.15) is 26.3 Å². The Hall–Kier alpha value is -2.91. The molecule has 0 radical (unpaired) electrons. The smallest absolute Gasteiger partial charge is 0.309 e.